The first-order valence-corrected chi connectivity index (χ1v) is 12.3. The number of allylic oxidation sites excluding steroid dienone is 1. The molecule has 0 aromatic rings. The molecule has 27 heavy (non-hydrogen) atoms. The number of thioether (sulfide) groups is 1. The Morgan fingerprint density at radius 3 is 2.59 bits per heavy atom. The van der Waals surface area contributed by atoms with Gasteiger partial charge in [0.05, 0.1) is 6.10 Å². The lowest BCUT2D eigenvalue weighted by Crippen LogP contribution is -2.57. The lowest BCUT2D eigenvalue weighted by atomic mass is 9.46. The summed E-state index contributed by atoms with van der Waals surface area (Å²) in [7, 11) is 0. The lowest BCUT2D eigenvalue weighted by molar-refractivity contribution is -0.167. The van der Waals surface area contributed by atoms with E-state index in [1.165, 1.54) is 24.8 Å². The van der Waals surface area contributed by atoms with E-state index in [4.69, 9.17) is 4.74 Å². The summed E-state index contributed by atoms with van der Waals surface area (Å²) in [6.07, 6.45) is 13.7. The minimum atomic E-state index is -0.242. The highest BCUT2D eigenvalue weighted by atomic mass is 32.2. The van der Waals surface area contributed by atoms with Crippen LogP contribution in [0.4, 0.5) is 0 Å². The summed E-state index contributed by atoms with van der Waals surface area (Å²) in [5.41, 5.74) is 1.77. The SMILES string of the molecule is CS[C@@H]1CC2=C[C@H](O)CC[C@]2(C)[C@H]2CC[C@@]3(C)[C@@H](CC[C@@]34CCC(=O)O4)[C@H]12. The number of aliphatic hydroxyl groups excluding tert-OH is 1. The molecule has 1 saturated heterocycles. The maximum atomic E-state index is 12.0. The molecule has 8 atom stereocenters. The van der Waals surface area contributed by atoms with Crippen molar-refractivity contribution in [3.63, 3.8) is 0 Å². The van der Waals surface area contributed by atoms with E-state index in [0.717, 1.165) is 38.0 Å². The Hall–Kier alpha value is -0.480. The van der Waals surface area contributed by atoms with Crippen LogP contribution >= 0.6 is 11.8 Å². The average molecular weight is 391 g/mol. The van der Waals surface area contributed by atoms with Crippen molar-refractivity contribution in [1.82, 2.24) is 0 Å². The van der Waals surface area contributed by atoms with Crippen LogP contribution in [0, 0.1) is 28.6 Å². The number of carbonyl (C=O) groups is 1. The summed E-state index contributed by atoms with van der Waals surface area (Å²) in [5, 5.41) is 10.9. The molecular formula is C23H34O3S. The zero-order chi connectivity index (χ0) is 19.0. The van der Waals surface area contributed by atoms with Gasteiger partial charge in [-0.3, -0.25) is 4.79 Å². The quantitative estimate of drug-likeness (QED) is 0.519. The molecule has 5 rings (SSSR count). The van der Waals surface area contributed by atoms with Gasteiger partial charge in [-0.15, -0.1) is 0 Å². The average Bonchev–Trinajstić information content (AvgIpc) is 3.16. The zero-order valence-corrected chi connectivity index (χ0v) is 17.8. The third kappa shape index (κ3) is 2.35. The summed E-state index contributed by atoms with van der Waals surface area (Å²) in [5.74, 6) is 2.13. The van der Waals surface area contributed by atoms with Crippen LogP contribution in [-0.4, -0.2) is 34.3 Å². The second kappa shape index (κ2) is 6.01. The minimum absolute atomic E-state index is 0.0301. The molecule has 4 fully saturated rings. The Labute approximate surface area is 167 Å². The van der Waals surface area contributed by atoms with Gasteiger partial charge in [-0.25, -0.2) is 0 Å². The first-order chi connectivity index (χ1) is 12.8. The van der Waals surface area contributed by atoms with E-state index >= 15 is 0 Å². The van der Waals surface area contributed by atoms with Crippen molar-refractivity contribution < 1.29 is 14.6 Å². The van der Waals surface area contributed by atoms with E-state index in [2.05, 4.69) is 26.2 Å². The van der Waals surface area contributed by atoms with Crippen LogP contribution in [0.15, 0.2) is 11.6 Å². The molecule has 0 amide bonds. The predicted octanol–water partition coefficient (Wildman–Crippen LogP) is 4.73. The first-order valence-electron chi connectivity index (χ1n) is 11.0. The van der Waals surface area contributed by atoms with Crippen molar-refractivity contribution in [3.8, 4) is 0 Å². The molecule has 0 bridgehead atoms. The number of hydrogen-bond acceptors (Lipinski definition) is 4. The molecule has 1 spiro atoms. The number of esters is 1. The van der Waals surface area contributed by atoms with Gasteiger partial charge in [-0.1, -0.05) is 25.5 Å². The third-order valence-corrected chi connectivity index (χ3v) is 10.8. The van der Waals surface area contributed by atoms with E-state index in [0.29, 0.717) is 23.5 Å². The standard InChI is InChI=1S/C23H34O3S/c1-21-8-4-15(24)12-14(21)13-18(27-3)20-16(21)5-9-22(2)17(20)6-10-23(22)11-7-19(25)26-23/h12,15-18,20,24H,4-11,13H2,1-3H3/t15-,16+,17+,18-,20-,21+,22+,23-/m1/s1. The molecule has 0 unspecified atom stereocenters. The number of rotatable bonds is 1. The maximum absolute atomic E-state index is 12.0. The van der Waals surface area contributed by atoms with Gasteiger partial charge in [0.25, 0.3) is 0 Å². The molecule has 3 saturated carbocycles. The van der Waals surface area contributed by atoms with Gasteiger partial charge in [0.2, 0.25) is 0 Å². The van der Waals surface area contributed by atoms with Crippen LogP contribution in [0.3, 0.4) is 0 Å². The van der Waals surface area contributed by atoms with Gasteiger partial charge in [0, 0.05) is 17.1 Å². The van der Waals surface area contributed by atoms with Gasteiger partial charge in [-0.05, 0) is 80.8 Å². The monoisotopic (exact) mass is 390 g/mol. The van der Waals surface area contributed by atoms with Gasteiger partial charge < -0.3 is 9.84 Å². The molecule has 1 N–H and O–H groups in total. The van der Waals surface area contributed by atoms with E-state index in [-0.39, 0.29) is 28.5 Å². The molecule has 4 heteroatoms. The maximum Gasteiger partial charge on any atom is 0.306 e. The van der Waals surface area contributed by atoms with E-state index < -0.39 is 0 Å². The molecule has 0 aromatic carbocycles. The van der Waals surface area contributed by atoms with Crippen LogP contribution in [0.5, 0.6) is 0 Å². The summed E-state index contributed by atoms with van der Waals surface area (Å²) in [6.45, 7) is 4.94. The normalized spacial score (nSPS) is 54.1. The third-order valence-electron chi connectivity index (χ3n) is 9.72. The predicted molar refractivity (Wildman–Crippen MR) is 108 cm³/mol. The smallest absolute Gasteiger partial charge is 0.306 e. The highest BCUT2D eigenvalue weighted by Gasteiger charge is 2.68. The van der Waals surface area contributed by atoms with Gasteiger partial charge >= 0.3 is 5.97 Å². The Kier molecular flexibility index (Phi) is 4.13. The molecule has 5 aliphatic rings. The Bertz CT molecular complexity index is 689. The highest BCUT2D eigenvalue weighted by molar-refractivity contribution is 7.99. The lowest BCUT2D eigenvalue weighted by Gasteiger charge is -2.61. The fraction of sp³-hybridized carbons (Fsp3) is 0.870. The van der Waals surface area contributed by atoms with Crippen LogP contribution in [0.2, 0.25) is 0 Å². The largest absolute Gasteiger partial charge is 0.458 e. The van der Waals surface area contributed by atoms with Crippen molar-refractivity contribution in [2.75, 3.05) is 6.26 Å². The van der Waals surface area contributed by atoms with E-state index in [1.807, 2.05) is 11.8 Å². The second-order valence-electron chi connectivity index (χ2n) is 10.4. The number of carbonyl (C=O) groups excluding carboxylic acids is 1. The topological polar surface area (TPSA) is 46.5 Å². The second-order valence-corrected chi connectivity index (χ2v) is 11.5. The van der Waals surface area contributed by atoms with Crippen molar-refractivity contribution in [3.05, 3.63) is 11.6 Å². The van der Waals surface area contributed by atoms with Gasteiger partial charge in [0.15, 0.2) is 0 Å². The minimum Gasteiger partial charge on any atom is -0.458 e. The highest BCUT2D eigenvalue weighted by Crippen LogP contribution is 2.70. The zero-order valence-electron chi connectivity index (χ0n) is 17.0. The van der Waals surface area contributed by atoms with E-state index in [1.54, 1.807) is 0 Å². The van der Waals surface area contributed by atoms with Crippen molar-refractivity contribution >= 4 is 17.7 Å². The summed E-state index contributed by atoms with van der Waals surface area (Å²) < 4.78 is 6.09. The number of fused-ring (bicyclic) bond motifs is 6. The molecule has 150 valence electrons. The van der Waals surface area contributed by atoms with Crippen molar-refractivity contribution in [2.45, 2.75) is 88.6 Å². The van der Waals surface area contributed by atoms with Crippen molar-refractivity contribution in [2.24, 2.45) is 28.6 Å². The van der Waals surface area contributed by atoms with E-state index in [9.17, 15) is 9.90 Å². The molecule has 1 heterocycles. The van der Waals surface area contributed by atoms with Gasteiger partial charge in [-0.2, -0.15) is 11.8 Å². The molecule has 4 aliphatic carbocycles. The van der Waals surface area contributed by atoms with Crippen molar-refractivity contribution in [1.29, 1.82) is 0 Å². The fourth-order valence-electron chi connectivity index (χ4n) is 8.19. The molecule has 0 radical (unpaired) electrons. The summed E-state index contributed by atoms with van der Waals surface area (Å²) >= 11 is 2.04. The fourth-order valence-corrected chi connectivity index (χ4v) is 9.23. The number of ether oxygens (including phenoxy) is 1. The molecule has 0 aromatic heterocycles. The van der Waals surface area contributed by atoms with Crippen LogP contribution < -0.4 is 0 Å². The number of aliphatic hydroxyl groups is 1. The Balaban J connectivity index is 1.54. The van der Waals surface area contributed by atoms with Crippen LogP contribution in [0.1, 0.15) is 71.6 Å². The van der Waals surface area contributed by atoms with Crippen LogP contribution in [0.25, 0.3) is 0 Å². The first kappa shape index (κ1) is 18.5. The summed E-state index contributed by atoms with van der Waals surface area (Å²) in [6, 6.07) is 0. The molecular weight excluding hydrogens is 356 g/mol. The Morgan fingerprint density at radius 2 is 1.89 bits per heavy atom. The Morgan fingerprint density at radius 1 is 1.11 bits per heavy atom. The van der Waals surface area contributed by atoms with Gasteiger partial charge in [0.1, 0.15) is 5.60 Å². The number of hydrogen-bond donors (Lipinski definition) is 1. The summed E-state index contributed by atoms with van der Waals surface area (Å²) in [4.78, 5) is 12.0. The van der Waals surface area contributed by atoms with Crippen LogP contribution in [-0.2, 0) is 9.53 Å². The molecule has 3 nitrogen and oxygen atoms in total. The molecule has 1 aliphatic heterocycles.